The van der Waals surface area contributed by atoms with Crippen LogP contribution in [0.3, 0.4) is 0 Å². The smallest absolute Gasteiger partial charge is 0.118 e. The summed E-state index contributed by atoms with van der Waals surface area (Å²) in [5.41, 5.74) is 4.81. The first-order valence-electron chi connectivity index (χ1n) is 9.73. The van der Waals surface area contributed by atoms with E-state index in [0.29, 0.717) is 17.4 Å². The first-order chi connectivity index (χ1) is 12.1. The predicted octanol–water partition coefficient (Wildman–Crippen LogP) is 5.33. The maximum absolute atomic E-state index is 10.1. The summed E-state index contributed by atoms with van der Waals surface area (Å²) < 4.78 is 0. The minimum Gasteiger partial charge on any atom is -0.508 e. The maximum atomic E-state index is 10.1. The third-order valence-corrected chi connectivity index (χ3v) is 6.80. The van der Waals surface area contributed by atoms with Gasteiger partial charge in [-0.3, -0.25) is 0 Å². The van der Waals surface area contributed by atoms with Crippen molar-refractivity contribution in [1.29, 1.82) is 0 Å². The molecule has 2 aliphatic carbocycles. The van der Waals surface area contributed by atoms with Crippen LogP contribution in [0.5, 0.6) is 11.5 Å². The molecular weight excluding hydrogens is 308 g/mol. The van der Waals surface area contributed by atoms with Gasteiger partial charge in [0.15, 0.2) is 0 Å². The highest BCUT2D eigenvalue weighted by atomic mass is 16.3. The fraction of sp³-hybridized carbons (Fsp3) is 0.478. The molecule has 2 N–H and O–H groups in total. The Morgan fingerprint density at radius 3 is 1.84 bits per heavy atom. The molecule has 2 unspecified atom stereocenters. The lowest BCUT2D eigenvalue weighted by Crippen LogP contribution is -2.34. The van der Waals surface area contributed by atoms with E-state index in [2.05, 4.69) is 38.1 Å². The molecule has 2 fully saturated rings. The average Bonchev–Trinajstić information content (AvgIpc) is 3.24. The zero-order valence-corrected chi connectivity index (χ0v) is 15.3. The van der Waals surface area contributed by atoms with E-state index in [9.17, 15) is 10.2 Å². The Balaban J connectivity index is 1.90. The van der Waals surface area contributed by atoms with E-state index in [1.54, 1.807) is 0 Å². The Labute approximate surface area is 150 Å². The summed E-state index contributed by atoms with van der Waals surface area (Å²) in [7, 11) is 0. The molecule has 2 nitrogen and oxygen atoms in total. The molecule has 2 saturated carbocycles. The van der Waals surface area contributed by atoms with E-state index in [4.69, 9.17) is 0 Å². The summed E-state index contributed by atoms with van der Waals surface area (Å²) in [4.78, 5) is 0. The second-order valence-electron chi connectivity index (χ2n) is 7.95. The topological polar surface area (TPSA) is 40.5 Å². The lowest BCUT2D eigenvalue weighted by molar-refractivity contribution is 0.319. The molecule has 2 heteroatoms. The highest BCUT2D eigenvalue weighted by molar-refractivity contribution is 5.50. The highest BCUT2D eigenvalue weighted by Gasteiger charge is 2.52. The van der Waals surface area contributed by atoms with Gasteiger partial charge >= 0.3 is 0 Å². The molecule has 2 aromatic rings. The quantitative estimate of drug-likeness (QED) is 0.792. The number of fused-ring (bicyclic) bond motifs is 2. The minimum atomic E-state index is 0.0398. The molecule has 0 radical (unpaired) electrons. The van der Waals surface area contributed by atoms with Crippen molar-refractivity contribution in [2.75, 3.05) is 0 Å². The lowest BCUT2D eigenvalue weighted by atomic mass is 9.64. The highest BCUT2D eigenvalue weighted by Crippen LogP contribution is 2.60. The van der Waals surface area contributed by atoms with Crippen LogP contribution in [0.15, 0.2) is 36.4 Å². The van der Waals surface area contributed by atoms with E-state index in [1.807, 2.05) is 12.1 Å². The number of phenolic OH excluding ortho intramolecular Hbond substituents is 2. The van der Waals surface area contributed by atoms with Gasteiger partial charge in [0.25, 0.3) is 0 Å². The Kier molecular flexibility index (Phi) is 4.02. The van der Waals surface area contributed by atoms with Crippen molar-refractivity contribution in [3.63, 3.8) is 0 Å². The molecule has 2 aromatic carbocycles. The standard InChI is InChI=1S/C23H28O2/c1-3-16-12-19(7-9-21(16)24)23(14-15-5-6-18(23)11-15)20-8-10-22(25)17(4-2)13-20/h7-10,12-13,15,18,24-25H,3-6,11,14H2,1-2H3. The van der Waals surface area contributed by atoms with Crippen LogP contribution in [0.1, 0.15) is 61.8 Å². The van der Waals surface area contributed by atoms with Crippen molar-refractivity contribution in [2.24, 2.45) is 11.8 Å². The van der Waals surface area contributed by atoms with Gasteiger partial charge in [0.05, 0.1) is 0 Å². The zero-order chi connectivity index (χ0) is 17.6. The third kappa shape index (κ3) is 2.46. The third-order valence-electron chi connectivity index (χ3n) is 6.80. The van der Waals surface area contributed by atoms with E-state index in [1.165, 1.54) is 36.8 Å². The van der Waals surface area contributed by atoms with Crippen molar-refractivity contribution >= 4 is 0 Å². The Morgan fingerprint density at radius 1 is 0.880 bits per heavy atom. The Hall–Kier alpha value is -1.96. The normalized spacial score (nSPS) is 23.9. The van der Waals surface area contributed by atoms with Gasteiger partial charge in [0, 0.05) is 5.41 Å². The first kappa shape index (κ1) is 16.5. The Morgan fingerprint density at radius 2 is 1.44 bits per heavy atom. The molecule has 4 rings (SSSR count). The van der Waals surface area contributed by atoms with Crippen LogP contribution in [0.4, 0.5) is 0 Å². The summed E-state index contributed by atoms with van der Waals surface area (Å²) in [6, 6.07) is 12.5. The summed E-state index contributed by atoms with van der Waals surface area (Å²) in [5.74, 6) is 2.29. The fourth-order valence-electron chi connectivity index (χ4n) is 5.50. The average molecular weight is 336 g/mol. The molecule has 0 heterocycles. The van der Waals surface area contributed by atoms with Crippen molar-refractivity contribution in [3.8, 4) is 11.5 Å². The zero-order valence-electron chi connectivity index (χ0n) is 15.3. The van der Waals surface area contributed by atoms with E-state index < -0.39 is 0 Å². The van der Waals surface area contributed by atoms with Crippen molar-refractivity contribution in [1.82, 2.24) is 0 Å². The molecular formula is C23H28O2. The summed E-state index contributed by atoms with van der Waals surface area (Å²) >= 11 is 0. The van der Waals surface area contributed by atoms with Crippen LogP contribution in [0.2, 0.25) is 0 Å². The monoisotopic (exact) mass is 336 g/mol. The van der Waals surface area contributed by atoms with Crippen LogP contribution in [0.25, 0.3) is 0 Å². The molecule has 0 spiro atoms. The summed E-state index contributed by atoms with van der Waals surface area (Å²) in [6.07, 6.45) is 6.84. The molecule has 0 amide bonds. The molecule has 2 aliphatic rings. The van der Waals surface area contributed by atoms with Gasteiger partial charge in [-0.15, -0.1) is 0 Å². The summed E-state index contributed by atoms with van der Waals surface area (Å²) in [6.45, 7) is 4.20. The molecule has 2 atom stereocenters. The number of aromatic hydroxyl groups is 2. The molecule has 0 aliphatic heterocycles. The molecule has 25 heavy (non-hydrogen) atoms. The molecule has 132 valence electrons. The van der Waals surface area contributed by atoms with Crippen molar-refractivity contribution < 1.29 is 10.2 Å². The second kappa shape index (κ2) is 6.09. The van der Waals surface area contributed by atoms with Gasteiger partial charge < -0.3 is 10.2 Å². The fourth-order valence-corrected chi connectivity index (χ4v) is 5.50. The van der Waals surface area contributed by atoms with Crippen LogP contribution >= 0.6 is 0 Å². The van der Waals surface area contributed by atoms with Crippen molar-refractivity contribution in [2.45, 2.75) is 57.8 Å². The number of hydrogen-bond donors (Lipinski definition) is 2. The molecule has 0 aromatic heterocycles. The van der Waals surface area contributed by atoms with Crippen LogP contribution < -0.4 is 0 Å². The van der Waals surface area contributed by atoms with E-state index >= 15 is 0 Å². The van der Waals surface area contributed by atoms with Crippen LogP contribution in [0, 0.1) is 11.8 Å². The number of aryl methyl sites for hydroxylation is 2. The maximum Gasteiger partial charge on any atom is 0.118 e. The van der Waals surface area contributed by atoms with Gasteiger partial charge in [-0.05, 0) is 78.3 Å². The Bertz CT molecular complexity index is 739. The van der Waals surface area contributed by atoms with E-state index in [-0.39, 0.29) is 5.41 Å². The number of hydrogen-bond acceptors (Lipinski definition) is 2. The van der Waals surface area contributed by atoms with Crippen molar-refractivity contribution in [3.05, 3.63) is 58.7 Å². The van der Waals surface area contributed by atoms with Gasteiger partial charge in [-0.2, -0.15) is 0 Å². The van der Waals surface area contributed by atoms with Crippen LogP contribution in [-0.4, -0.2) is 10.2 Å². The first-order valence-corrected chi connectivity index (χ1v) is 9.73. The molecule has 0 saturated heterocycles. The SMILES string of the molecule is CCc1cc(C2(c3ccc(O)c(CC)c3)CC3CCC2C3)ccc1O. The van der Waals surface area contributed by atoms with Gasteiger partial charge in [0.1, 0.15) is 11.5 Å². The second-order valence-corrected chi connectivity index (χ2v) is 7.95. The number of phenols is 2. The van der Waals surface area contributed by atoms with Crippen LogP contribution in [-0.2, 0) is 18.3 Å². The lowest BCUT2D eigenvalue weighted by Gasteiger charge is -2.40. The predicted molar refractivity (Wildman–Crippen MR) is 101 cm³/mol. The largest absolute Gasteiger partial charge is 0.508 e. The molecule has 2 bridgehead atoms. The van der Waals surface area contributed by atoms with E-state index in [0.717, 1.165) is 29.9 Å². The van der Waals surface area contributed by atoms with Gasteiger partial charge in [-0.1, -0.05) is 44.5 Å². The summed E-state index contributed by atoms with van der Waals surface area (Å²) in [5, 5.41) is 20.3. The number of benzene rings is 2. The minimum absolute atomic E-state index is 0.0398. The number of rotatable bonds is 4. The van der Waals surface area contributed by atoms with Gasteiger partial charge in [-0.25, -0.2) is 0 Å². The van der Waals surface area contributed by atoms with Gasteiger partial charge in [0.2, 0.25) is 0 Å².